The van der Waals surface area contributed by atoms with Gasteiger partial charge in [-0.2, -0.15) is 0 Å². The molecule has 0 radical (unpaired) electrons. The van der Waals surface area contributed by atoms with Gasteiger partial charge in [-0.05, 0) is 43.9 Å². The van der Waals surface area contributed by atoms with Crippen molar-refractivity contribution in [3.05, 3.63) is 0 Å². The maximum Gasteiger partial charge on any atom is 0.326 e. The van der Waals surface area contributed by atoms with Crippen LogP contribution < -0.4 is 5.32 Å². The number of carboxylic acids is 1. The SMILES string of the molecule is CCCCC(NC(=O)N(CC1CC1)CC1CC1)C(=O)O. The fourth-order valence-corrected chi connectivity index (χ4v) is 2.37. The number of unbranched alkanes of at least 4 members (excludes halogenated alkanes) is 1. The molecule has 2 N–H and O–H groups in total. The van der Waals surface area contributed by atoms with Crippen LogP contribution in [-0.4, -0.2) is 41.1 Å². The van der Waals surface area contributed by atoms with E-state index in [9.17, 15) is 14.7 Å². The Labute approximate surface area is 120 Å². The number of hydrogen-bond donors (Lipinski definition) is 2. The first kappa shape index (κ1) is 15.1. The summed E-state index contributed by atoms with van der Waals surface area (Å²) in [6.45, 7) is 3.61. The normalized spacial score (nSPS) is 19.4. The number of nitrogens with zero attached hydrogens (tertiary/aromatic N) is 1. The zero-order chi connectivity index (χ0) is 14.5. The molecule has 5 nitrogen and oxygen atoms in total. The molecule has 0 saturated heterocycles. The molecular formula is C15H26N2O3. The number of nitrogens with one attached hydrogen (secondary N) is 1. The van der Waals surface area contributed by atoms with Crippen molar-refractivity contribution in [1.29, 1.82) is 0 Å². The summed E-state index contributed by atoms with van der Waals surface area (Å²) >= 11 is 0. The number of amides is 2. The van der Waals surface area contributed by atoms with Gasteiger partial charge in [0.15, 0.2) is 0 Å². The molecule has 2 saturated carbocycles. The quantitative estimate of drug-likeness (QED) is 0.682. The van der Waals surface area contributed by atoms with Crippen LogP contribution in [0.4, 0.5) is 4.79 Å². The van der Waals surface area contributed by atoms with Gasteiger partial charge in [0.05, 0.1) is 0 Å². The Hall–Kier alpha value is -1.26. The van der Waals surface area contributed by atoms with Crippen molar-refractivity contribution in [2.45, 2.75) is 57.9 Å². The van der Waals surface area contributed by atoms with Gasteiger partial charge < -0.3 is 15.3 Å². The van der Waals surface area contributed by atoms with E-state index in [4.69, 9.17) is 0 Å². The number of rotatable bonds is 9. The number of carboxylic acid groups (broad SMARTS) is 1. The summed E-state index contributed by atoms with van der Waals surface area (Å²) in [5, 5.41) is 11.9. The number of carbonyl (C=O) groups is 2. The Morgan fingerprint density at radius 3 is 2.15 bits per heavy atom. The summed E-state index contributed by atoms with van der Waals surface area (Å²) in [6.07, 6.45) is 7.08. The minimum atomic E-state index is -0.926. The van der Waals surface area contributed by atoms with Crippen LogP contribution in [0.15, 0.2) is 0 Å². The van der Waals surface area contributed by atoms with E-state index in [1.54, 1.807) is 0 Å². The van der Waals surface area contributed by atoms with E-state index in [2.05, 4.69) is 5.32 Å². The molecule has 0 aliphatic heterocycles. The lowest BCUT2D eigenvalue weighted by atomic mass is 10.1. The summed E-state index contributed by atoms with van der Waals surface area (Å²) in [5.74, 6) is 0.349. The second kappa shape index (κ2) is 6.95. The Balaban J connectivity index is 1.85. The monoisotopic (exact) mass is 282 g/mol. The number of carbonyl (C=O) groups excluding carboxylic acids is 1. The molecule has 2 fully saturated rings. The van der Waals surface area contributed by atoms with Gasteiger partial charge in [0.2, 0.25) is 0 Å². The van der Waals surface area contributed by atoms with Crippen LogP contribution in [0.25, 0.3) is 0 Å². The molecule has 2 aliphatic carbocycles. The fraction of sp³-hybridized carbons (Fsp3) is 0.867. The molecule has 1 unspecified atom stereocenters. The third kappa shape index (κ3) is 5.02. The minimum absolute atomic E-state index is 0.188. The first-order valence-corrected chi connectivity index (χ1v) is 7.88. The maximum atomic E-state index is 12.3. The Kier molecular flexibility index (Phi) is 5.26. The average molecular weight is 282 g/mol. The van der Waals surface area contributed by atoms with Crippen LogP contribution in [-0.2, 0) is 4.79 Å². The Morgan fingerprint density at radius 2 is 1.75 bits per heavy atom. The molecular weight excluding hydrogens is 256 g/mol. The number of urea groups is 1. The highest BCUT2D eigenvalue weighted by Crippen LogP contribution is 2.33. The standard InChI is InChI=1S/C15H26N2O3/c1-2-3-4-13(14(18)19)16-15(20)17(9-11-5-6-11)10-12-7-8-12/h11-13H,2-10H2,1H3,(H,16,20)(H,18,19). The van der Waals surface area contributed by atoms with E-state index in [1.807, 2.05) is 11.8 Å². The second-order valence-corrected chi connectivity index (χ2v) is 6.27. The second-order valence-electron chi connectivity index (χ2n) is 6.27. The van der Waals surface area contributed by atoms with Crippen molar-refractivity contribution < 1.29 is 14.7 Å². The predicted molar refractivity (Wildman–Crippen MR) is 76.5 cm³/mol. The van der Waals surface area contributed by atoms with E-state index in [0.717, 1.165) is 25.9 Å². The van der Waals surface area contributed by atoms with Gasteiger partial charge in [-0.3, -0.25) is 0 Å². The molecule has 0 spiro atoms. The van der Waals surface area contributed by atoms with Gasteiger partial charge in [-0.25, -0.2) is 9.59 Å². The van der Waals surface area contributed by atoms with Crippen molar-refractivity contribution >= 4 is 12.0 Å². The summed E-state index contributed by atoms with van der Waals surface area (Å²) in [6, 6.07) is -0.935. The van der Waals surface area contributed by atoms with Gasteiger partial charge in [0.1, 0.15) is 6.04 Å². The zero-order valence-electron chi connectivity index (χ0n) is 12.3. The highest BCUT2D eigenvalue weighted by atomic mass is 16.4. The lowest BCUT2D eigenvalue weighted by Gasteiger charge is -2.25. The van der Waals surface area contributed by atoms with Crippen LogP contribution in [0.5, 0.6) is 0 Å². The molecule has 0 aromatic heterocycles. The third-order valence-corrected chi connectivity index (χ3v) is 4.08. The summed E-state index contributed by atoms with van der Waals surface area (Å²) in [5.41, 5.74) is 0. The highest BCUT2D eigenvalue weighted by Gasteiger charge is 2.32. The molecule has 2 amide bonds. The molecule has 1 atom stereocenters. The summed E-state index contributed by atoms with van der Waals surface area (Å²) < 4.78 is 0. The molecule has 0 bridgehead atoms. The lowest BCUT2D eigenvalue weighted by Crippen LogP contribution is -2.49. The molecule has 0 heterocycles. The molecule has 0 aromatic carbocycles. The van der Waals surface area contributed by atoms with E-state index in [1.165, 1.54) is 25.7 Å². The largest absolute Gasteiger partial charge is 0.480 e. The van der Waals surface area contributed by atoms with Crippen molar-refractivity contribution in [2.24, 2.45) is 11.8 Å². The van der Waals surface area contributed by atoms with Gasteiger partial charge in [-0.1, -0.05) is 19.8 Å². The molecule has 2 rings (SSSR count). The van der Waals surface area contributed by atoms with Crippen molar-refractivity contribution in [2.75, 3.05) is 13.1 Å². The molecule has 114 valence electrons. The van der Waals surface area contributed by atoms with E-state index < -0.39 is 12.0 Å². The fourth-order valence-electron chi connectivity index (χ4n) is 2.37. The highest BCUT2D eigenvalue weighted by molar-refractivity contribution is 5.82. The van der Waals surface area contributed by atoms with E-state index in [0.29, 0.717) is 18.3 Å². The maximum absolute atomic E-state index is 12.3. The lowest BCUT2D eigenvalue weighted by molar-refractivity contribution is -0.139. The van der Waals surface area contributed by atoms with Gasteiger partial charge in [0, 0.05) is 13.1 Å². The summed E-state index contributed by atoms with van der Waals surface area (Å²) in [7, 11) is 0. The average Bonchev–Trinajstić information content (AvgIpc) is 3.27. The van der Waals surface area contributed by atoms with Crippen LogP contribution in [0.1, 0.15) is 51.9 Å². The zero-order valence-corrected chi connectivity index (χ0v) is 12.3. The van der Waals surface area contributed by atoms with E-state index >= 15 is 0 Å². The van der Waals surface area contributed by atoms with E-state index in [-0.39, 0.29) is 6.03 Å². The number of aliphatic carboxylic acids is 1. The topological polar surface area (TPSA) is 69.6 Å². The van der Waals surface area contributed by atoms with Crippen LogP contribution >= 0.6 is 0 Å². The van der Waals surface area contributed by atoms with Gasteiger partial charge >= 0.3 is 12.0 Å². The van der Waals surface area contributed by atoms with Crippen molar-refractivity contribution in [3.63, 3.8) is 0 Å². The van der Waals surface area contributed by atoms with Crippen molar-refractivity contribution in [1.82, 2.24) is 10.2 Å². The Morgan fingerprint density at radius 1 is 1.20 bits per heavy atom. The first-order chi connectivity index (χ1) is 9.60. The summed E-state index contributed by atoms with van der Waals surface area (Å²) in [4.78, 5) is 25.3. The predicted octanol–water partition coefficient (Wildman–Crippen LogP) is 2.46. The van der Waals surface area contributed by atoms with Crippen molar-refractivity contribution in [3.8, 4) is 0 Å². The Bertz CT molecular complexity index is 337. The van der Waals surface area contributed by atoms with Crippen LogP contribution in [0.2, 0.25) is 0 Å². The first-order valence-electron chi connectivity index (χ1n) is 7.88. The van der Waals surface area contributed by atoms with Gasteiger partial charge in [-0.15, -0.1) is 0 Å². The molecule has 2 aliphatic rings. The molecule has 0 aromatic rings. The van der Waals surface area contributed by atoms with Crippen LogP contribution in [0.3, 0.4) is 0 Å². The molecule has 5 heteroatoms. The number of hydrogen-bond acceptors (Lipinski definition) is 2. The van der Waals surface area contributed by atoms with Crippen LogP contribution in [0, 0.1) is 11.8 Å². The smallest absolute Gasteiger partial charge is 0.326 e. The minimum Gasteiger partial charge on any atom is -0.480 e. The third-order valence-electron chi connectivity index (χ3n) is 4.08. The van der Waals surface area contributed by atoms with Gasteiger partial charge in [0.25, 0.3) is 0 Å². The molecule has 20 heavy (non-hydrogen) atoms.